The van der Waals surface area contributed by atoms with E-state index in [9.17, 15) is 4.79 Å². The fourth-order valence-corrected chi connectivity index (χ4v) is 3.07. The van der Waals surface area contributed by atoms with Gasteiger partial charge in [0.05, 0.1) is 17.1 Å². The number of aromatic nitrogens is 2. The summed E-state index contributed by atoms with van der Waals surface area (Å²) in [6, 6.07) is 14.9. The summed E-state index contributed by atoms with van der Waals surface area (Å²) in [4.78, 5) is 20.7. The standard InChI is InChI=1S/C20H21N3O3/c1-12(2)18(19-21-13-7-3-4-8-14(13)22-19)23-20(24)17-11-25-15-9-5-6-10-16(15)26-17/h3-10,12,17-18H,11H2,1-2H3,(H,21,22)(H,23,24). The second kappa shape index (κ2) is 6.71. The molecule has 2 atom stereocenters. The molecular formula is C20H21N3O3. The van der Waals surface area contributed by atoms with Gasteiger partial charge in [-0.15, -0.1) is 0 Å². The van der Waals surface area contributed by atoms with Gasteiger partial charge in [-0.3, -0.25) is 4.79 Å². The quantitative estimate of drug-likeness (QED) is 0.757. The van der Waals surface area contributed by atoms with Crippen LogP contribution >= 0.6 is 0 Å². The van der Waals surface area contributed by atoms with Crippen LogP contribution in [0.3, 0.4) is 0 Å². The van der Waals surface area contributed by atoms with Crippen molar-refractivity contribution in [2.45, 2.75) is 26.0 Å². The molecule has 26 heavy (non-hydrogen) atoms. The number of H-pyrrole nitrogens is 1. The summed E-state index contributed by atoms with van der Waals surface area (Å²) in [6.07, 6.45) is -0.685. The van der Waals surface area contributed by atoms with Crippen molar-refractivity contribution in [3.05, 3.63) is 54.4 Å². The Morgan fingerprint density at radius 3 is 2.65 bits per heavy atom. The lowest BCUT2D eigenvalue weighted by molar-refractivity contribution is -0.131. The minimum Gasteiger partial charge on any atom is -0.485 e. The molecule has 2 unspecified atom stereocenters. The number of imidazole rings is 1. The molecule has 2 aromatic carbocycles. The first-order valence-electron chi connectivity index (χ1n) is 8.75. The van der Waals surface area contributed by atoms with Gasteiger partial charge in [-0.1, -0.05) is 38.1 Å². The number of hydrogen-bond acceptors (Lipinski definition) is 4. The first kappa shape index (κ1) is 16.4. The van der Waals surface area contributed by atoms with Gasteiger partial charge in [-0.25, -0.2) is 4.98 Å². The molecule has 6 heteroatoms. The third-order valence-electron chi connectivity index (χ3n) is 4.47. The number of carbonyl (C=O) groups is 1. The SMILES string of the molecule is CC(C)C(NC(=O)C1COc2ccccc2O1)c1nc2ccccc2[nH]1. The van der Waals surface area contributed by atoms with Crippen molar-refractivity contribution in [1.29, 1.82) is 0 Å². The van der Waals surface area contributed by atoms with Gasteiger partial charge in [0.15, 0.2) is 11.5 Å². The fraction of sp³-hybridized carbons (Fsp3) is 0.300. The first-order valence-corrected chi connectivity index (χ1v) is 8.75. The first-order chi connectivity index (χ1) is 12.6. The minimum atomic E-state index is -0.685. The lowest BCUT2D eigenvalue weighted by Gasteiger charge is -2.28. The molecule has 1 amide bonds. The van der Waals surface area contributed by atoms with Crippen LogP contribution in [0, 0.1) is 5.92 Å². The van der Waals surface area contributed by atoms with E-state index in [1.165, 1.54) is 0 Å². The monoisotopic (exact) mass is 351 g/mol. The highest BCUT2D eigenvalue weighted by atomic mass is 16.6. The molecule has 1 aliphatic heterocycles. The summed E-state index contributed by atoms with van der Waals surface area (Å²) in [5.74, 6) is 1.94. The molecule has 2 N–H and O–H groups in total. The molecule has 0 fully saturated rings. The van der Waals surface area contributed by atoms with Gasteiger partial charge in [-0.05, 0) is 30.2 Å². The van der Waals surface area contributed by atoms with Crippen molar-refractivity contribution in [2.24, 2.45) is 5.92 Å². The van der Waals surface area contributed by atoms with Crippen LogP contribution in [0.2, 0.25) is 0 Å². The predicted octanol–water partition coefficient (Wildman–Crippen LogP) is 3.22. The van der Waals surface area contributed by atoms with E-state index < -0.39 is 6.10 Å². The third kappa shape index (κ3) is 3.10. The van der Waals surface area contributed by atoms with Gasteiger partial charge in [0.2, 0.25) is 6.10 Å². The minimum absolute atomic E-state index is 0.163. The van der Waals surface area contributed by atoms with E-state index in [4.69, 9.17) is 9.47 Å². The third-order valence-corrected chi connectivity index (χ3v) is 4.47. The molecule has 134 valence electrons. The van der Waals surface area contributed by atoms with E-state index in [-0.39, 0.29) is 24.5 Å². The second-order valence-corrected chi connectivity index (χ2v) is 6.73. The predicted molar refractivity (Wildman–Crippen MR) is 98.2 cm³/mol. The number of rotatable bonds is 4. The summed E-state index contributed by atoms with van der Waals surface area (Å²) in [7, 11) is 0. The summed E-state index contributed by atoms with van der Waals surface area (Å²) in [5, 5.41) is 3.06. The molecule has 0 saturated carbocycles. The van der Waals surface area contributed by atoms with Crippen molar-refractivity contribution in [3.8, 4) is 11.5 Å². The molecule has 1 aliphatic rings. The molecule has 0 spiro atoms. The topological polar surface area (TPSA) is 76.2 Å². The number of aromatic amines is 1. The van der Waals surface area contributed by atoms with E-state index in [2.05, 4.69) is 15.3 Å². The molecule has 4 rings (SSSR count). The maximum absolute atomic E-state index is 12.8. The van der Waals surface area contributed by atoms with Crippen LogP contribution in [-0.2, 0) is 4.79 Å². The van der Waals surface area contributed by atoms with Gasteiger partial charge in [-0.2, -0.15) is 0 Å². The van der Waals surface area contributed by atoms with Crippen LogP contribution in [0.5, 0.6) is 11.5 Å². The van der Waals surface area contributed by atoms with Crippen LogP contribution in [0.4, 0.5) is 0 Å². The molecule has 0 saturated heterocycles. The summed E-state index contributed by atoms with van der Waals surface area (Å²) in [6.45, 7) is 4.28. The highest BCUT2D eigenvalue weighted by molar-refractivity contribution is 5.82. The number of para-hydroxylation sites is 4. The number of fused-ring (bicyclic) bond motifs is 2. The molecule has 2 heterocycles. The van der Waals surface area contributed by atoms with Gasteiger partial charge in [0, 0.05) is 0 Å². The maximum atomic E-state index is 12.8. The molecule has 0 bridgehead atoms. The Labute approximate surface area is 151 Å². The van der Waals surface area contributed by atoms with Gasteiger partial charge < -0.3 is 19.8 Å². The highest BCUT2D eigenvalue weighted by Gasteiger charge is 2.31. The van der Waals surface area contributed by atoms with E-state index in [0.29, 0.717) is 11.5 Å². The molecule has 3 aromatic rings. The maximum Gasteiger partial charge on any atom is 0.265 e. The number of amides is 1. The average molecular weight is 351 g/mol. The Morgan fingerprint density at radius 2 is 1.88 bits per heavy atom. The molecule has 6 nitrogen and oxygen atoms in total. The zero-order valence-electron chi connectivity index (χ0n) is 14.7. The van der Waals surface area contributed by atoms with E-state index in [0.717, 1.165) is 16.9 Å². The Balaban J connectivity index is 1.52. The number of nitrogens with one attached hydrogen (secondary N) is 2. The van der Waals surface area contributed by atoms with E-state index in [1.54, 1.807) is 6.07 Å². The van der Waals surface area contributed by atoms with Crippen molar-refractivity contribution >= 4 is 16.9 Å². The molecule has 0 radical (unpaired) electrons. The zero-order chi connectivity index (χ0) is 18.1. The van der Waals surface area contributed by atoms with Gasteiger partial charge >= 0.3 is 0 Å². The number of ether oxygens (including phenoxy) is 2. The molecular weight excluding hydrogens is 330 g/mol. The van der Waals surface area contributed by atoms with Crippen LogP contribution in [-0.4, -0.2) is 28.6 Å². The summed E-state index contributed by atoms with van der Waals surface area (Å²) >= 11 is 0. The van der Waals surface area contributed by atoms with Crippen LogP contribution in [0.15, 0.2) is 48.5 Å². The zero-order valence-corrected chi connectivity index (χ0v) is 14.7. The Morgan fingerprint density at radius 1 is 1.15 bits per heavy atom. The van der Waals surface area contributed by atoms with Crippen molar-refractivity contribution < 1.29 is 14.3 Å². The number of benzene rings is 2. The van der Waals surface area contributed by atoms with E-state index >= 15 is 0 Å². The summed E-state index contributed by atoms with van der Waals surface area (Å²) in [5.41, 5.74) is 1.84. The average Bonchev–Trinajstić information content (AvgIpc) is 3.09. The van der Waals surface area contributed by atoms with Crippen molar-refractivity contribution in [1.82, 2.24) is 15.3 Å². The highest BCUT2D eigenvalue weighted by Crippen LogP contribution is 2.31. The lowest BCUT2D eigenvalue weighted by Crippen LogP contribution is -2.46. The van der Waals surface area contributed by atoms with Crippen molar-refractivity contribution in [3.63, 3.8) is 0 Å². The van der Waals surface area contributed by atoms with Gasteiger partial charge in [0.1, 0.15) is 12.4 Å². The molecule has 1 aromatic heterocycles. The largest absolute Gasteiger partial charge is 0.485 e. The second-order valence-electron chi connectivity index (χ2n) is 6.73. The van der Waals surface area contributed by atoms with Crippen molar-refractivity contribution in [2.75, 3.05) is 6.61 Å². The Hall–Kier alpha value is -3.02. The van der Waals surface area contributed by atoms with E-state index in [1.807, 2.05) is 56.3 Å². The Bertz CT molecular complexity index is 902. The van der Waals surface area contributed by atoms with Crippen LogP contribution < -0.4 is 14.8 Å². The smallest absolute Gasteiger partial charge is 0.265 e. The van der Waals surface area contributed by atoms with Crippen LogP contribution in [0.1, 0.15) is 25.7 Å². The Kier molecular flexibility index (Phi) is 4.24. The lowest BCUT2D eigenvalue weighted by atomic mass is 10.0. The van der Waals surface area contributed by atoms with Gasteiger partial charge in [0.25, 0.3) is 5.91 Å². The number of carbonyl (C=O) groups excluding carboxylic acids is 1. The summed E-state index contributed by atoms with van der Waals surface area (Å²) < 4.78 is 11.4. The number of nitrogens with zero attached hydrogens (tertiary/aromatic N) is 1. The molecule has 0 aliphatic carbocycles. The van der Waals surface area contributed by atoms with Crippen LogP contribution in [0.25, 0.3) is 11.0 Å². The fourth-order valence-electron chi connectivity index (χ4n) is 3.07. The normalized spacial score (nSPS) is 17.3. The number of hydrogen-bond donors (Lipinski definition) is 2.